The lowest BCUT2D eigenvalue weighted by atomic mass is 9.95. The van der Waals surface area contributed by atoms with E-state index in [0.717, 1.165) is 25.4 Å². The largest absolute Gasteiger partial charge is 0.391 e. The van der Waals surface area contributed by atoms with Crippen molar-refractivity contribution >= 4 is 0 Å². The van der Waals surface area contributed by atoms with E-state index in [1.165, 1.54) is 51.5 Å². The fourth-order valence-corrected chi connectivity index (χ4v) is 3.87. The molecule has 1 saturated heterocycles. The minimum absolute atomic E-state index is 0.0943. The summed E-state index contributed by atoms with van der Waals surface area (Å²) in [6, 6.07) is 1.06. The first-order valence-corrected chi connectivity index (χ1v) is 8.83. The van der Waals surface area contributed by atoms with Crippen LogP contribution in [0.15, 0.2) is 0 Å². The highest BCUT2D eigenvalue weighted by Crippen LogP contribution is 2.28. The van der Waals surface area contributed by atoms with Crippen molar-refractivity contribution in [2.24, 2.45) is 5.92 Å². The van der Waals surface area contributed by atoms with Gasteiger partial charge in [-0.25, -0.2) is 0 Å². The maximum Gasteiger partial charge on any atom is 0.0695 e. The number of rotatable bonds is 5. The number of nitrogens with one attached hydrogen (secondary N) is 1. The van der Waals surface area contributed by atoms with Gasteiger partial charge in [0, 0.05) is 18.6 Å². The Bertz CT molecular complexity index is 270. The molecule has 0 radical (unpaired) electrons. The van der Waals surface area contributed by atoms with Crippen molar-refractivity contribution in [2.75, 3.05) is 19.6 Å². The van der Waals surface area contributed by atoms with Gasteiger partial charge < -0.3 is 10.4 Å². The van der Waals surface area contributed by atoms with Gasteiger partial charge in [0.2, 0.25) is 0 Å². The number of hydrogen-bond acceptors (Lipinski definition) is 3. The molecular formula is C17H34N2O. The highest BCUT2D eigenvalue weighted by Gasteiger charge is 2.33. The molecule has 20 heavy (non-hydrogen) atoms. The summed E-state index contributed by atoms with van der Waals surface area (Å²) >= 11 is 0. The average Bonchev–Trinajstić information content (AvgIpc) is 2.64. The lowest BCUT2D eigenvalue weighted by Crippen LogP contribution is -2.54. The van der Waals surface area contributed by atoms with Gasteiger partial charge in [0.05, 0.1) is 6.10 Å². The summed E-state index contributed by atoms with van der Waals surface area (Å²) in [5.41, 5.74) is 0. The van der Waals surface area contributed by atoms with Crippen LogP contribution in [0.25, 0.3) is 0 Å². The van der Waals surface area contributed by atoms with E-state index in [9.17, 15) is 5.11 Å². The van der Waals surface area contributed by atoms with Crippen LogP contribution in [-0.4, -0.2) is 47.8 Å². The van der Waals surface area contributed by atoms with Crippen molar-refractivity contribution in [1.82, 2.24) is 10.2 Å². The first-order valence-electron chi connectivity index (χ1n) is 8.83. The Kier molecular flexibility index (Phi) is 6.79. The van der Waals surface area contributed by atoms with Gasteiger partial charge in [0.1, 0.15) is 0 Å². The molecule has 1 heterocycles. The van der Waals surface area contributed by atoms with Gasteiger partial charge in [-0.1, -0.05) is 39.5 Å². The van der Waals surface area contributed by atoms with Crippen molar-refractivity contribution in [3.05, 3.63) is 0 Å². The second-order valence-corrected chi connectivity index (χ2v) is 7.21. The number of aliphatic hydroxyl groups excluding tert-OH is 1. The predicted octanol–water partition coefficient (Wildman–Crippen LogP) is 2.78. The monoisotopic (exact) mass is 282 g/mol. The number of piperidine rings is 1. The van der Waals surface area contributed by atoms with E-state index in [2.05, 4.69) is 24.1 Å². The van der Waals surface area contributed by atoms with Crippen molar-refractivity contribution < 1.29 is 5.11 Å². The van der Waals surface area contributed by atoms with E-state index in [0.29, 0.717) is 12.1 Å². The third-order valence-corrected chi connectivity index (χ3v) is 4.98. The smallest absolute Gasteiger partial charge is 0.0695 e. The van der Waals surface area contributed by atoms with Crippen molar-refractivity contribution in [2.45, 2.75) is 83.4 Å². The second-order valence-electron chi connectivity index (χ2n) is 7.21. The van der Waals surface area contributed by atoms with Gasteiger partial charge in [0.25, 0.3) is 0 Å². The lowest BCUT2D eigenvalue weighted by Gasteiger charge is -2.43. The Morgan fingerprint density at radius 3 is 2.60 bits per heavy atom. The summed E-state index contributed by atoms with van der Waals surface area (Å²) in [4.78, 5) is 2.65. The molecule has 2 rings (SSSR count). The molecule has 2 aliphatic rings. The lowest BCUT2D eigenvalue weighted by molar-refractivity contribution is 0.00417. The van der Waals surface area contributed by atoms with Gasteiger partial charge in [-0.15, -0.1) is 0 Å². The summed E-state index contributed by atoms with van der Waals surface area (Å²) in [6.45, 7) is 7.93. The molecule has 1 aliphatic carbocycles. The van der Waals surface area contributed by atoms with Crippen LogP contribution >= 0.6 is 0 Å². The number of nitrogens with zero attached hydrogens (tertiary/aromatic N) is 1. The Balaban J connectivity index is 1.90. The normalized spacial score (nSPS) is 33.3. The first kappa shape index (κ1) is 16.3. The molecule has 0 aromatic heterocycles. The van der Waals surface area contributed by atoms with Crippen molar-refractivity contribution in [3.63, 3.8) is 0 Å². The van der Waals surface area contributed by atoms with Crippen LogP contribution in [0.3, 0.4) is 0 Å². The quantitative estimate of drug-likeness (QED) is 0.761. The molecule has 3 atom stereocenters. The topological polar surface area (TPSA) is 35.5 Å². The third-order valence-electron chi connectivity index (χ3n) is 4.98. The van der Waals surface area contributed by atoms with Crippen LogP contribution in [-0.2, 0) is 0 Å². The first-order chi connectivity index (χ1) is 9.68. The van der Waals surface area contributed by atoms with Crippen LogP contribution in [0, 0.1) is 5.92 Å². The zero-order valence-corrected chi connectivity index (χ0v) is 13.5. The van der Waals surface area contributed by atoms with Gasteiger partial charge in [-0.05, 0) is 44.7 Å². The summed E-state index contributed by atoms with van der Waals surface area (Å²) in [6.07, 6.45) is 9.88. The number of hydrogen-bond donors (Lipinski definition) is 2. The maximum atomic E-state index is 10.5. The minimum atomic E-state index is -0.0943. The fourth-order valence-electron chi connectivity index (χ4n) is 3.87. The molecule has 2 N–H and O–H groups in total. The predicted molar refractivity (Wildman–Crippen MR) is 84.9 cm³/mol. The molecule has 0 aromatic rings. The SMILES string of the molecule is CC(C)CNCC1CCCCN1C1CCCCCC1O. The average molecular weight is 282 g/mol. The molecule has 0 aromatic carbocycles. The molecule has 1 saturated carbocycles. The fraction of sp³-hybridized carbons (Fsp3) is 1.00. The summed E-state index contributed by atoms with van der Waals surface area (Å²) in [5.74, 6) is 0.718. The van der Waals surface area contributed by atoms with E-state index in [4.69, 9.17) is 0 Å². The van der Waals surface area contributed by atoms with Gasteiger partial charge in [-0.3, -0.25) is 4.90 Å². The van der Waals surface area contributed by atoms with Crippen LogP contribution in [0.1, 0.15) is 65.2 Å². The maximum absolute atomic E-state index is 10.5. The van der Waals surface area contributed by atoms with E-state index in [1.54, 1.807) is 0 Å². The van der Waals surface area contributed by atoms with E-state index in [1.807, 2.05) is 0 Å². The molecule has 118 valence electrons. The number of likely N-dealkylation sites (tertiary alicyclic amines) is 1. The van der Waals surface area contributed by atoms with Crippen LogP contribution in [0.5, 0.6) is 0 Å². The van der Waals surface area contributed by atoms with Crippen molar-refractivity contribution in [3.8, 4) is 0 Å². The molecule has 2 fully saturated rings. The molecular weight excluding hydrogens is 248 g/mol. The molecule has 0 amide bonds. The molecule has 3 heteroatoms. The van der Waals surface area contributed by atoms with Crippen LogP contribution in [0.4, 0.5) is 0 Å². The second kappa shape index (κ2) is 8.35. The van der Waals surface area contributed by atoms with E-state index >= 15 is 0 Å². The third kappa shape index (κ3) is 4.71. The van der Waals surface area contributed by atoms with E-state index < -0.39 is 0 Å². The zero-order chi connectivity index (χ0) is 14.4. The highest BCUT2D eigenvalue weighted by molar-refractivity contribution is 4.89. The van der Waals surface area contributed by atoms with E-state index in [-0.39, 0.29) is 6.10 Å². The van der Waals surface area contributed by atoms with Gasteiger partial charge >= 0.3 is 0 Å². The summed E-state index contributed by atoms with van der Waals surface area (Å²) in [5, 5.41) is 14.1. The molecule has 0 bridgehead atoms. The van der Waals surface area contributed by atoms with Gasteiger partial charge in [-0.2, -0.15) is 0 Å². The van der Waals surface area contributed by atoms with Gasteiger partial charge in [0.15, 0.2) is 0 Å². The Labute approximate surface area is 125 Å². The molecule has 0 spiro atoms. The molecule has 1 aliphatic heterocycles. The molecule has 3 nitrogen and oxygen atoms in total. The van der Waals surface area contributed by atoms with Crippen LogP contribution in [0.2, 0.25) is 0 Å². The Morgan fingerprint density at radius 1 is 1.05 bits per heavy atom. The summed E-state index contributed by atoms with van der Waals surface area (Å²) in [7, 11) is 0. The standard InChI is InChI=1S/C17H34N2O/c1-14(2)12-18-13-15-8-6-7-11-19(15)16-9-4-3-5-10-17(16)20/h14-18,20H,3-13H2,1-2H3. The number of aliphatic hydroxyl groups is 1. The Morgan fingerprint density at radius 2 is 1.80 bits per heavy atom. The van der Waals surface area contributed by atoms with Crippen LogP contribution < -0.4 is 5.32 Å². The minimum Gasteiger partial charge on any atom is -0.391 e. The molecule has 3 unspecified atom stereocenters. The highest BCUT2D eigenvalue weighted by atomic mass is 16.3. The Hall–Kier alpha value is -0.120. The van der Waals surface area contributed by atoms with Crippen molar-refractivity contribution in [1.29, 1.82) is 0 Å². The summed E-state index contributed by atoms with van der Waals surface area (Å²) < 4.78 is 0. The zero-order valence-electron chi connectivity index (χ0n) is 13.5.